The smallest absolute Gasteiger partial charge is 0.243 e. The molecule has 3 atom stereocenters. The lowest BCUT2D eigenvalue weighted by Crippen LogP contribution is -2.49. The van der Waals surface area contributed by atoms with Crippen molar-refractivity contribution in [3.8, 4) is 23.0 Å². The van der Waals surface area contributed by atoms with E-state index in [4.69, 9.17) is 30.5 Å². The number of halogens is 1. The molecule has 0 unspecified atom stereocenters. The lowest BCUT2D eigenvalue weighted by Gasteiger charge is -2.43. The van der Waals surface area contributed by atoms with Crippen molar-refractivity contribution in [2.75, 3.05) is 45.4 Å². The quantitative estimate of drug-likeness (QED) is 0.155. The van der Waals surface area contributed by atoms with Crippen LogP contribution in [0.3, 0.4) is 0 Å². The molecule has 50 heavy (non-hydrogen) atoms. The molecule has 7 rings (SSSR count). The summed E-state index contributed by atoms with van der Waals surface area (Å²) in [7, 11) is -0.822. The average molecular weight is 717 g/mol. The molecule has 0 N–H and O–H groups in total. The third-order valence-corrected chi connectivity index (χ3v) is 12.4. The molecule has 1 spiro atoms. The topological polar surface area (TPSA) is 94.6 Å². The Morgan fingerprint density at radius 2 is 1.56 bits per heavy atom. The molecule has 0 amide bonds. The Hall–Kier alpha value is -4.25. The summed E-state index contributed by atoms with van der Waals surface area (Å²) in [6.45, 7) is 2.39. The zero-order valence-electron chi connectivity index (χ0n) is 28.2. The maximum atomic E-state index is 14.7. The molecule has 9 nitrogen and oxygen atoms in total. The van der Waals surface area contributed by atoms with Gasteiger partial charge in [0.05, 0.1) is 43.4 Å². The number of carbonyl (C=O) groups excluding carboxylic acids is 1. The highest BCUT2D eigenvalue weighted by atomic mass is 35.5. The molecule has 4 aromatic carbocycles. The Balaban J connectivity index is 1.27. The minimum atomic E-state index is -4.02. The number of ether oxygens (including phenoxy) is 4. The van der Waals surface area contributed by atoms with Crippen LogP contribution >= 0.6 is 11.6 Å². The van der Waals surface area contributed by atoms with Gasteiger partial charge in [-0.25, -0.2) is 8.42 Å². The highest BCUT2D eigenvalue weighted by molar-refractivity contribution is 7.89. The number of methoxy groups -OCH3 is 2. The zero-order chi connectivity index (χ0) is 34.9. The fourth-order valence-corrected chi connectivity index (χ4v) is 8.89. The molecule has 0 radical (unpaired) electrons. The first kappa shape index (κ1) is 34.2. The number of rotatable bonds is 11. The lowest BCUT2D eigenvalue weighted by atomic mass is 9.73. The fourth-order valence-electron chi connectivity index (χ4n) is 7.29. The van der Waals surface area contributed by atoms with Crippen LogP contribution < -0.4 is 23.8 Å². The molecule has 1 fully saturated rings. The zero-order valence-corrected chi connectivity index (χ0v) is 29.8. The van der Waals surface area contributed by atoms with Crippen LogP contribution in [0.5, 0.6) is 23.0 Å². The number of hydrogen-bond acceptors (Lipinski definition) is 8. The molecule has 4 aromatic rings. The van der Waals surface area contributed by atoms with Gasteiger partial charge < -0.3 is 28.6 Å². The van der Waals surface area contributed by atoms with Crippen LogP contribution in [0, 0.1) is 11.8 Å². The Bertz CT molecular complexity index is 1900. The number of hydrogen-bond donors (Lipinski definition) is 0. The van der Waals surface area contributed by atoms with Gasteiger partial charge in [-0.2, -0.15) is 4.31 Å². The Kier molecular flexibility index (Phi) is 9.69. The Labute approximate surface area is 298 Å². The van der Waals surface area contributed by atoms with Gasteiger partial charge in [-0.15, -0.1) is 0 Å². The van der Waals surface area contributed by atoms with Gasteiger partial charge in [0.15, 0.2) is 0 Å². The van der Waals surface area contributed by atoms with E-state index in [1.165, 1.54) is 4.31 Å². The van der Waals surface area contributed by atoms with Gasteiger partial charge in [-0.1, -0.05) is 41.9 Å². The first-order valence-corrected chi connectivity index (χ1v) is 18.7. The third-order valence-electron chi connectivity index (χ3n) is 10.4. The second-order valence-corrected chi connectivity index (χ2v) is 15.8. The summed E-state index contributed by atoms with van der Waals surface area (Å²) in [5, 5.41) is 0.599. The summed E-state index contributed by atoms with van der Waals surface area (Å²) in [6.07, 6.45) is 3.58. The largest absolute Gasteiger partial charge is 0.497 e. The van der Waals surface area contributed by atoms with Crippen LogP contribution in [0.25, 0.3) is 0 Å². The predicted molar refractivity (Wildman–Crippen MR) is 192 cm³/mol. The second-order valence-electron chi connectivity index (χ2n) is 13.4. The molecular formula is C39H41ClN2O7S. The van der Waals surface area contributed by atoms with Crippen LogP contribution in [-0.2, 0) is 33.3 Å². The predicted octanol–water partition coefficient (Wildman–Crippen LogP) is 6.89. The molecule has 1 aliphatic carbocycles. The lowest BCUT2D eigenvalue weighted by molar-refractivity contribution is -0.115. The number of anilines is 1. The monoisotopic (exact) mass is 716 g/mol. The van der Waals surface area contributed by atoms with Crippen LogP contribution in [0.1, 0.15) is 36.0 Å². The van der Waals surface area contributed by atoms with E-state index >= 15 is 0 Å². The molecule has 11 heteroatoms. The molecule has 0 saturated heterocycles. The van der Waals surface area contributed by atoms with Gasteiger partial charge in [0.25, 0.3) is 0 Å². The second kappa shape index (κ2) is 14.2. The molecule has 2 aliphatic heterocycles. The highest BCUT2D eigenvalue weighted by Crippen LogP contribution is 2.47. The maximum absolute atomic E-state index is 14.7. The van der Waals surface area contributed by atoms with Gasteiger partial charge in [-0.05, 0) is 90.9 Å². The van der Waals surface area contributed by atoms with Crippen molar-refractivity contribution in [1.82, 2.24) is 4.31 Å². The normalized spacial score (nSPS) is 21.2. The molecule has 3 aliphatic rings. The van der Waals surface area contributed by atoms with Gasteiger partial charge in [0.2, 0.25) is 10.0 Å². The van der Waals surface area contributed by atoms with Crippen molar-refractivity contribution in [2.24, 2.45) is 11.8 Å². The van der Waals surface area contributed by atoms with E-state index in [1.54, 1.807) is 32.4 Å². The first-order chi connectivity index (χ1) is 24.2. The first-order valence-electron chi connectivity index (χ1n) is 16.9. The van der Waals surface area contributed by atoms with Crippen LogP contribution in [0.15, 0.2) is 89.8 Å². The Morgan fingerprint density at radius 3 is 2.16 bits per heavy atom. The van der Waals surface area contributed by atoms with Gasteiger partial charge in [-0.3, -0.25) is 0 Å². The summed E-state index contributed by atoms with van der Waals surface area (Å²) in [4.78, 5) is 14.3. The minimum Gasteiger partial charge on any atom is -0.497 e. The van der Waals surface area contributed by atoms with E-state index < -0.39 is 15.4 Å². The van der Waals surface area contributed by atoms with Gasteiger partial charge in [0, 0.05) is 42.7 Å². The van der Waals surface area contributed by atoms with Crippen molar-refractivity contribution >= 4 is 33.6 Å². The molecule has 0 bridgehead atoms. The van der Waals surface area contributed by atoms with Crippen LogP contribution in [0.2, 0.25) is 5.02 Å². The highest BCUT2D eigenvalue weighted by Gasteiger charge is 2.44. The third kappa shape index (κ3) is 6.76. The summed E-state index contributed by atoms with van der Waals surface area (Å²) in [5.74, 6) is 2.89. The summed E-state index contributed by atoms with van der Waals surface area (Å²) in [6, 6.07) is 25.7. The molecule has 1 saturated carbocycles. The van der Waals surface area contributed by atoms with Crippen molar-refractivity contribution in [2.45, 2.75) is 42.7 Å². The molecule has 262 valence electrons. The number of carbonyl (C=O) groups is 1. The number of aldehydes is 1. The van der Waals surface area contributed by atoms with Crippen molar-refractivity contribution < 1.29 is 32.2 Å². The fraction of sp³-hybridized carbons (Fsp3) is 0.359. The number of sulfonamides is 1. The molecular weight excluding hydrogens is 676 g/mol. The summed E-state index contributed by atoms with van der Waals surface area (Å²) in [5.41, 5.74) is 2.95. The van der Waals surface area contributed by atoms with E-state index in [0.717, 1.165) is 48.0 Å². The van der Waals surface area contributed by atoms with Gasteiger partial charge >= 0.3 is 0 Å². The number of fused-ring (bicyclic) bond motifs is 3. The molecule has 0 aromatic heterocycles. The van der Waals surface area contributed by atoms with Crippen LogP contribution in [-0.4, -0.2) is 59.5 Å². The van der Waals surface area contributed by atoms with E-state index in [9.17, 15) is 13.2 Å². The molecule has 2 heterocycles. The van der Waals surface area contributed by atoms with E-state index in [1.807, 2.05) is 66.7 Å². The number of nitrogens with zero attached hydrogens (tertiary/aromatic N) is 2. The van der Waals surface area contributed by atoms with Crippen molar-refractivity contribution in [1.29, 1.82) is 0 Å². The van der Waals surface area contributed by atoms with Crippen molar-refractivity contribution in [3.63, 3.8) is 0 Å². The summed E-state index contributed by atoms with van der Waals surface area (Å²) < 4.78 is 54.1. The van der Waals surface area contributed by atoms with Crippen LogP contribution in [0.4, 0.5) is 5.69 Å². The summed E-state index contributed by atoms with van der Waals surface area (Å²) >= 11 is 6.35. The van der Waals surface area contributed by atoms with E-state index in [0.29, 0.717) is 54.3 Å². The minimum absolute atomic E-state index is 0.0178. The number of benzene rings is 4. The average Bonchev–Trinajstić information content (AvgIpc) is 3.27. The maximum Gasteiger partial charge on any atom is 0.243 e. The van der Waals surface area contributed by atoms with Crippen molar-refractivity contribution in [3.05, 3.63) is 107 Å². The standard InChI is InChI=1S/C39H41ClN2O7S/c1-46-32-10-3-27(4-11-32)21-42(22-28-5-12-33(47-2)13-6-28)50(44,45)34-14-16-37-36(20-34)41(23-29-7-8-30(29)24-43)25-39(26-49-37)17-18-48-38-19-31(40)9-15-35(38)39/h3-6,9-16,19-20,24,29-30H,7-8,17-18,21-23,25-26H2,1-2H3/t29-,30-,39-/m0/s1. The SMILES string of the molecule is COc1ccc(CN(Cc2ccc(OC)cc2)S(=O)(=O)c2ccc3c(c2)N(C[C@@H]2CC[C@H]2C=O)C[C@@]2(CCOc4cc(Cl)ccc42)CO3)cc1. The van der Waals surface area contributed by atoms with E-state index in [2.05, 4.69) is 4.90 Å². The van der Waals surface area contributed by atoms with Gasteiger partial charge in [0.1, 0.15) is 29.3 Å². The van der Waals surface area contributed by atoms with E-state index in [-0.39, 0.29) is 29.8 Å². The Morgan fingerprint density at radius 1 is 0.880 bits per heavy atom.